The smallest absolute Gasteiger partial charge is 0.412 e. The maximum Gasteiger partial charge on any atom is 0.412 e. The van der Waals surface area contributed by atoms with Gasteiger partial charge in [-0.15, -0.1) is 11.6 Å². The average Bonchev–Trinajstić information content (AvgIpc) is 3.32. The number of thiazole rings is 1. The molecule has 0 bridgehead atoms. The second-order valence-electron chi connectivity index (χ2n) is 7.96. The van der Waals surface area contributed by atoms with Crippen molar-refractivity contribution in [1.29, 1.82) is 0 Å². The Bertz CT molecular complexity index is 1260. The average molecular weight is 471 g/mol. The molecule has 1 N–H and O–H groups in total. The molecule has 7 nitrogen and oxygen atoms in total. The van der Waals surface area contributed by atoms with Gasteiger partial charge >= 0.3 is 6.09 Å². The predicted octanol–water partition coefficient (Wildman–Crippen LogP) is 5.42. The van der Waals surface area contributed by atoms with Gasteiger partial charge in [0.05, 0.1) is 28.7 Å². The number of amides is 1. The number of aryl methyl sites for hydroxylation is 1. The quantitative estimate of drug-likeness (QED) is 0.515. The minimum Gasteiger partial charge on any atom is -0.444 e. The first-order valence-corrected chi connectivity index (χ1v) is 11.7. The standard InChI is InChI=1S/C23H23ClN4O3S/c1-13-9-16(24)4-5-17(13)22-25-14(2)21(32-22)27-23(29)31-11-15-3-6-19-18(10-15)26-20-12-30-8-7-28(19)20/h3-6,10,16H,7-9,11-12H2,1-2H3,(H,27,29). The molecule has 0 fully saturated rings. The number of rotatable bonds is 4. The van der Waals surface area contributed by atoms with Crippen molar-refractivity contribution >= 4 is 50.6 Å². The van der Waals surface area contributed by atoms with Crippen molar-refractivity contribution in [2.75, 3.05) is 11.9 Å². The largest absolute Gasteiger partial charge is 0.444 e. The molecule has 1 atom stereocenters. The molecule has 3 aromatic rings. The van der Waals surface area contributed by atoms with Gasteiger partial charge in [-0.25, -0.2) is 14.8 Å². The SMILES string of the molecule is CC1=C(c2nc(C)c(NC(=O)OCc3ccc4c(c3)nc3n4CCOC3)s2)C=CC(Cl)C1. The number of anilines is 1. The highest BCUT2D eigenvalue weighted by molar-refractivity contribution is 7.17. The summed E-state index contributed by atoms with van der Waals surface area (Å²) in [6, 6.07) is 5.94. The van der Waals surface area contributed by atoms with Crippen molar-refractivity contribution in [3.63, 3.8) is 0 Å². The van der Waals surface area contributed by atoms with E-state index in [4.69, 9.17) is 21.1 Å². The molecule has 0 saturated carbocycles. The van der Waals surface area contributed by atoms with Gasteiger partial charge in [0.1, 0.15) is 29.0 Å². The number of carbonyl (C=O) groups is 1. The number of halogens is 1. The normalized spacial score (nSPS) is 18.2. The molecule has 5 rings (SSSR count). The molecule has 1 aliphatic carbocycles. The number of nitrogens with zero attached hydrogens (tertiary/aromatic N) is 3. The van der Waals surface area contributed by atoms with Crippen LogP contribution in [0.15, 0.2) is 35.9 Å². The number of ether oxygens (including phenoxy) is 2. The van der Waals surface area contributed by atoms with Gasteiger partial charge in [-0.2, -0.15) is 0 Å². The Hall–Kier alpha value is -2.68. The molecule has 1 aliphatic heterocycles. The maximum absolute atomic E-state index is 12.4. The van der Waals surface area contributed by atoms with Crippen LogP contribution in [0.3, 0.4) is 0 Å². The summed E-state index contributed by atoms with van der Waals surface area (Å²) in [5.41, 5.74) is 5.87. The third-order valence-electron chi connectivity index (χ3n) is 5.63. The van der Waals surface area contributed by atoms with E-state index in [1.807, 2.05) is 37.3 Å². The van der Waals surface area contributed by atoms with E-state index in [-0.39, 0.29) is 12.0 Å². The highest BCUT2D eigenvalue weighted by atomic mass is 35.5. The molecule has 0 spiro atoms. The highest BCUT2D eigenvalue weighted by Gasteiger charge is 2.19. The number of benzene rings is 1. The van der Waals surface area contributed by atoms with E-state index < -0.39 is 6.09 Å². The van der Waals surface area contributed by atoms with Crippen LogP contribution >= 0.6 is 22.9 Å². The van der Waals surface area contributed by atoms with Crippen LogP contribution < -0.4 is 5.32 Å². The molecule has 2 aromatic heterocycles. The van der Waals surface area contributed by atoms with E-state index in [9.17, 15) is 4.79 Å². The van der Waals surface area contributed by atoms with Gasteiger partial charge < -0.3 is 14.0 Å². The number of nitrogens with one attached hydrogen (secondary N) is 1. The first-order valence-electron chi connectivity index (χ1n) is 10.5. The minimum atomic E-state index is -0.508. The van der Waals surface area contributed by atoms with Gasteiger partial charge in [0.25, 0.3) is 0 Å². The molecular formula is C23H23ClN4O3S. The van der Waals surface area contributed by atoms with Crippen molar-refractivity contribution in [3.05, 3.63) is 58.0 Å². The van der Waals surface area contributed by atoms with Gasteiger partial charge in [0.2, 0.25) is 0 Å². The van der Waals surface area contributed by atoms with Crippen molar-refractivity contribution in [2.24, 2.45) is 0 Å². The molecule has 0 saturated heterocycles. The Morgan fingerprint density at radius 3 is 3.09 bits per heavy atom. The summed E-state index contributed by atoms with van der Waals surface area (Å²) in [7, 11) is 0. The summed E-state index contributed by atoms with van der Waals surface area (Å²) in [6.07, 6.45) is 4.27. The number of aromatic nitrogens is 3. The summed E-state index contributed by atoms with van der Waals surface area (Å²) in [5.74, 6) is 0.929. The molecular weight excluding hydrogens is 448 g/mol. The Kier molecular flexibility index (Phi) is 5.75. The van der Waals surface area contributed by atoms with E-state index in [2.05, 4.69) is 26.8 Å². The molecule has 166 valence electrons. The predicted molar refractivity (Wildman–Crippen MR) is 126 cm³/mol. The third-order valence-corrected chi connectivity index (χ3v) is 7.03. The van der Waals surface area contributed by atoms with Crippen LogP contribution in [0, 0.1) is 6.92 Å². The van der Waals surface area contributed by atoms with Crippen molar-refractivity contribution in [2.45, 2.75) is 45.4 Å². The minimum absolute atomic E-state index is 0.0209. The second kappa shape index (κ2) is 8.69. The molecule has 1 unspecified atom stereocenters. The topological polar surface area (TPSA) is 78.3 Å². The lowest BCUT2D eigenvalue weighted by molar-refractivity contribution is 0.0830. The molecule has 3 heterocycles. The molecule has 0 radical (unpaired) electrons. The summed E-state index contributed by atoms with van der Waals surface area (Å²) in [4.78, 5) is 21.7. The summed E-state index contributed by atoms with van der Waals surface area (Å²) < 4.78 is 13.1. The van der Waals surface area contributed by atoms with Gasteiger partial charge in [0.15, 0.2) is 0 Å². The van der Waals surface area contributed by atoms with Crippen LogP contribution in [-0.4, -0.2) is 32.6 Å². The van der Waals surface area contributed by atoms with E-state index >= 15 is 0 Å². The van der Waals surface area contributed by atoms with Crippen LogP contribution in [0.5, 0.6) is 0 Å². The van der Waals surface area contributed by atoms with Crippen LogP contribution in [-0.2, 0) is 29.2 Å². The van der Waals surface area contributed by atoms with Gasteiger partial charge in [-0.05, 0) is 38.0 Å². The molecule has 2 aliphatic rings. The zero-order valence-electron chi connectivity index (χ0n) is 17.9. The van der Waals surface area contributed by atoms with E-state index in [0.29, 0.717) is 18.2 Å². The van der Waals surface area contributed by atoms with Crippen LogP contribution in [0.25, 0.3) is 16.6 Å². The Balaban J connectivity index is 1.24. The molecule has 9 heteroatoms. The zero-order valence-corrected chi connectivity index (χ0v) is 19.4. The molecule has 1 amide bonds. The summed E-state index contributed by atoms with van der Waals surface area (Å²) in [5, 5.41) is 4.40. The number of imidazole rings is 1. The first kappa shape index (κ1) is 21.2. The van der Waals surface area contributed by atoms with Crippen molar-refractivity contribution < 1.29 is 14.3 Å². The number of fused-ring (bicyclic) bond motifs is 3. The molecule has 32 heavy (non-hydrogen) atoms. The van der Waals surface area contributed by atoms with Crippen molar-refractivity contribution in [3.8, 4) is 0 Å². The van der Waals surface area contributed by atoms with Crippen LogP contribution in [0.1, 0.15) is 35.4 Å². The van der Waals surface area contributed by atoms with E-state index in [1.165, 1.54) is 16.9 Å². The fraction of sp³-hybridized carbons (Fsp3) is 0.348. The van der Waals surface area contributed by atoms with Crippen LogP contribution in [0.2, 0.25) is 0 Å². The highest BCUT2D eigenvalue weighted by Crippen LogP contribution is 2.35. The lowest BCUT2D eigenvalue weighted by atomic mass is 9.99. The third kappa shape index (κ3) is 4.18. The van der Waals surface area contributed by atoms with Gasteiger partial charge in [-0.1, -0.05) is 35.1 Å². The van der Waals surface area contributed by atoms with Gasteiger partial charge in [0, 0.05) is 12.1 Å². The fourth-order valence-corrected chi connectivity index (χ4v) is 5.33. The monoisotopic (exact) mass is 470 g/mol. The van der Waals surface area contributed by atoms with Gasteiger partial charge in [-0.3, -0.25) is 5.32 Å². The molecule has 1 aromatic carbocycles. The number of alkyl halides is 1. The Morgan fingerprint density at radius 2 is 2.25 bits per heavy atom. The zero-order chi connectivity index (χ0) is 22.2. The van der Waals surface area contributed by atoms with E-state index in [0.717, 1.165) is 51.7 Å². The number of allylic oxidation sites excluding steroid dienone is 4. The second-order valence-corrected chi connectivity index (χ2v) is 9.52. The number of carbonyl (C=O) groups excluding carboxylic acids is 1. The maximum atomic E-state index is 12.4. The summed E-state index contributed by atoms with van der Waals surface area (Å²) in [6.45, 7) is 6.13. The van der Waals surface area contributed by atoms with Crippen molar-refractivity contribution in [1.82, 2.24) is 14.5 Å². The lowest BCUT2D eigenvalue weighted by Crippen LogP contribution is -2.16. The first-order chi connectivity index (χ1) is 15.5. The van der Waals surface area contributed by atoms with Crippen LogP contribution in [0.4, 0.5) is 9.80 Å². The Morgan fingerprint density at radius 1 is 1.38 bits per heavy atom. The van der Waals surface area contributed by atoms with E-state index in [1.54, 1.807) is 0 Å². The number of hydrogen-bond donors (Lipinski definition) is 1. The fourth-order valence-electron chi connectivity index (χ4n) is 3.97. The lowest BCUT2D eigenvalue weighted by Gasteiger charge is -2.14. The number of hydrogen-bond acceptors (Lipinski definition) is 6. The Labute approximate surface area is 194 Å². The summed E-state index contributed by atoms with van der Waals surface area (Å²) >= 11 is 7.63.